The molecule has 0 spiro atoms. The third-order valence-electron chi connectivity index (χ3n) is 2.49. The van der Waals surface area contributed by atoms with Crippen LogP contribution in [0, 0.1) is 5.92 Å². The fourth-order valence-electron chi connectivity index (χ4n) is 1.77. The predicted octanol–water partition coefficient (Wildman–Crippen LogP) is 0.675. The topological polar surface area (TPSA) is 49.3 Å². The summed E-state index contributed by atoms with van der Waals surface area (Å²) in [6.45, 7) is 0.342. The van der Waals surface area contributed by atoms with Crippen molar-refractivity contribution >= 4 is 5.91 Å². The molecule has 0 radical (unpaired) electrons. The fourth-order valence-corrected chi connectivity index (χ4v) is 1.77. The molecule has 1 aliphatic rings. The molecule has 1 amide bonds. The van der Waals surface area contributed by atoms with Crippen LogP contribution in [0.15, 0.2) is 0 Å². The lowest BCUT2D eigenvalue weighted by Gasteiger charge is -2.08. The van der Waals surface area contributed by atoms with Crippen molar-refractivity contribution in [1.29, 1.82) is 0 Å². The molecule has 0 unspecified atom stereocenters. The summed E-state index contributed by atoms with van der Waals surface area (Å²) in [4.78, 5) is 10.6. The number of hydrogen-bond donors (Lipinski definition) is 2. The average molecular weight is 171 g/mol. The zero-order valence-corrected chi connectivity index (χ0v) is 7.38. The summed E-state index contributed by atoms with van der Waals surface area (Å²) in [5, 5.41) is 11.1. The van der Waals surface area contributed by atoms with Crippen LogP contribution in [-0.2, 0) is 4.79 Å². The Bertz CT molecular complexity index is 141. The Morgan fingerprint density at radius 3 is 2.67 bits per heavy atom. The lowest BCUT2D eigenvalue weighted by Crippen LogP contribution is -2.28. The highest BCUT2D eigenvalue weighted by Gasteiger charge is 2.14. The summed E-state index contributed by atoms with van der Waals surface area (Å²) in [5.41, 5.74) is 0. The summed E-state index contributed by atoms with van der Waals surface area (Å²) >= 11 is 0. The second kappa shape index (κ2) is 5.14. The maximum atomic E-state index is 10.6. The molecule has 0 aliphatic heterocycles. The zero-order valence-electron chi connectivity index (χ0n) is 7.38. The molecule has 0 heterocycles. The first-order chi connectivity index (χ1) is 5.83. The van der Waals surface area contributed by atoms with E-state index >= 15 is 0 Å². The van der Waals surface area contributed by atoms with Gasteiger partial charge in [-0.15, -0.1) is 0 Å². The van der Waals surface area contributed by atoms with E-state index in [-0.39, 0.29) is 12.5 Å². The highest BCUT2D eigenvalue weighted by molar-refractivity contribution is 5.76. The normalized spacial score (nSPS) is 18.1. The van der Waals surface area contributed by atoms with Gasteiger partial charge in [0.05, 0.1) is 0 Å². The van der Waals surface area contributed by atoms with Crippen LogP contribution in [0.25, 0.3) is 0 Å². The van der Waals surface area contributed by atoms with Crippen molar-refractivity contribution in [1.82, 2.24) is 5.32 Å². The van der Waals surface area contributed by atoms with E-state index in [9.17, 15) is 4.79 Å². The van der Waals surface area contributed by atoms with Gasteiger partial charge in [-0.05, 0) is 12.3 Å². The Labute approximate surface area is 73.2 Å². The van der Waals surface area contributed by atoms with Crippen molar-refractivity contribution in [3.63, 3.8) is 0 Å². The summed E-state index contributed by atoms with van der Waals surface area (Å²) < 4.78 is 0. The van der Waals surface area contributed by atoms with E-state index in [4.69, 9.17) is 5.11 Å². The first-order valence-corrected chi connectivity index (χ1v) is 4.70. The average Bonchev–Trinajstić information content (AvgIpc) is 2.57. The Balaban J connectivity index is 1.97. The molecule has 2 N–H and O–H groups in total. The first-order valence-electron chi connectivity index (χ1n) is 4.70. The van der Waals surface area contributed by atoms with Crippen LogP contribution in [0.2, 0.25) is 0 Å². The van der Waals surface area contributed by atoms with Gasteiger partial charge in [-0.3, -0.25) is 4.79 Å². The van der Waals surface area contributed by atoms with E-state index in [0.717, 1.165) is 18.9 Å². The lowest BCUT2D eigenvalue weighted by molar-refractivity contribution is -0.123. The Kier molecular flexibility index (Phi) is 4.08. The van der Waals surface area contributed by atoms with E-state index < -0.39 is 0 Å². The summed E-state index contributed by atoms with van der Waals surface area (Å²) in [6.07, 6.45) is 6.40. The molecule has 0 aromatic heterocycles. The van der Waals surface area contributed by atoms with Gasteiger partial charge in [-0.25, -0.2) is 0 Å². The van der Waals surface area contributed by atoms with Crippen LogP contribution in [-0.4, -0.2) is 24.2 Å². The zero-order chi connectivity index (χ0) is 8.81. The fraction of sp³-hybridized carbons (Fsp3) is 0.889. The second-order valence-corrected chi connectivity index (χ2v) is 3.45. The minimum atomic E-state index is -0.384. The molecule has 3 nitrogen and oxygen atoms in total. The lowest BCUT2D eigenvalue weighted by atomic mass is 10.0. The Morgan fingerprint density at radius 2 is 2.08 bits per heavy atom. The van der Waals surface area contributed by atoms with Crippen molar-refractivity contribution < 1.29 is 9.90 Å². The van der Waals surface area contributed by atoms with Gasteiger partial charge < -0.3 is 10.4 Å². The van der Waals surface area contributed by atoms with Gasteiger partial charge in [-0.2, -0.15) is 0 Å². The summed E-state index contributed by atoms with van der Waals surface area (Å²) in [6, 6.07) is 0. The molecule has 12 heavy (non-hydrogen) atoms. The Morgan fingerprint density at radius 1 is 1.42 bits per heavy atom. The highest BCUT2D eigenvalue weighted by atomic mass is 16.3. The molecule has 0 aromatic rings. The van der Waals surface area contributed by atoms with Gasteiger partial charge in [0.25, 0.3) is 0 Å². The number of aliphatic hydroxyl groups is 1. The molecular weight excluding hydrogens is 154 g/mol. The van der Waals surface area contributed by atoms with Crippen molar-refractivity contribution in [2.24, 2.45) is 5.92 Å². The molecule has 70 valence electrons. The first kappa shape index (κ1) is 9.52. The minimum absolute atomic E-state index is 0.256. The van der Waals surface area contributed by atoms with E-state index in [1.165, 1.54) is 25.7 Å². The maximum Gasteiger partial charge on any atom is 0.245 e. The van der Waals surface area contributed by atoms with Crippen molar-refractivity contribution in [3.05, 3.63) is 0 Å². The van der Waals surface area contributed by atoms with Crippen LogP contribution < -0.4 is 5.32 Å². The number of amides is 1. The van der Waals surface area contributed by atoms with E-state index in [0.29, 0.717) is 0 Å². The third-order valence-corrected chi connectivity index (χ3v) is 2.49. The summed E-state index contributed by atoms with van der Waals surface area (Å²) in [5.74, 6) is 0.553. The minimum Gasteiger partial charge on any atom is -0.387 e. The van der Waals surface area contributed by atoms with E-state index in [1.807, 2.05) is 0 Å². The maximum absolute atomic E-state index is 10.6. The molecule has 0 bridgehead atoms. The Hall–Kier alpha value is -0.570. The van der Waals surface area contributed by atoms with Crippen molar-refractivity contribution in [2.75, 3.05) is 13.2 Å². The molecule has 3 heteroatoms. The molecule has 0 saturated heterocycles. The molecule has 0 aromatic carbocycles. The van der Waals surface area contributed by atoms with Crippen LogP contribution in [0.5, 0.6) is 0 Å². The monoisotopic (exact) mass is 171 g/mol. The van der Waals surface area contributed by atoms with Crippen LogP contribution >= 0.6 is 0 Å². The molecule has 0 atom stereocenters. The van der Waals surface area contributed by atoms with Crippen LogP contribution in [0.1, 0.15) is 32.1 Å². The van der Waals surface area contributed by atoms with Gasteiger partial charge in [-0.1, -0.05) is 25.7 Å². The number of carbonyl (C=O) groups excluding carboxylic acids is 1. The number of hydrogen-bond acceptors (Lipinski definition) is 2. The molecule has 1 rings (SSSR count). The van der Waals surface area contributed by atoms with Crippen LogP contribution in [0.3, 0.4) is 0 Å². The van der Waals surface area contributed by atoms with Crippen molar-refractivity contribution in [3.8, 4) is 0 Å². The largest absolute Gasteiger partial charge is 0.387 e. The van der Waals surface area contributed by atoms with Gasteiger partial charge >= 0.3 is 0 Å². The number of nitrogens with one attached hydrogen (secondary N) is 1. The molecule has 1 aliphatic carbocycles. The number of aliphatic hydroxyl groups excluding tert-OH is 1. The number of carbonyl (C=O) groups is 1. The highest BCUT2D eigenvalue weighted by Crippen LogP contribution is 2.26. The molecule has 1 fully saturated rings. The third kappa shape index (κ3) is 3.22. The van der Waals surface area contributed by atoms with E-state index in [2.05, 4.69) is 5.32 Å². The SMILES string of the molecule is O=C(CO)NCCC1CCCC1. The second-order valence-electron chi connectivity index (χ2n) is 3.45. The standard InChI is InChI=1S/C9H17NO2/c11-7-9(12)10-6-5-8-3-1-2-4-8/h8,11H,1-7H2,(H,10,12). The number of rotatable bonds is 4. The predicted molar refractivity (Wildman–Crippen MR) is 46.7 cm³/mol. The van der Waals surface area contributed by atoms with Gasteiger partial charge in [0.15, 0.2) is 0 Å². The van der Waals surface area contributed by atoms with Gasteiger partial charge in [0.2, 0.25) is 5.91 Å². The van der Waals surface area contributed by atoms with Gasteiger partial charge in [0.1, 0.15) is 6.61 Å². The van der Waals surface area contributed by atoms with Crippen molar-refractivity contribution in [2.45, 2.75) is 32.1 Å². The van der Waals surface area contributed by atoms with Crippen LogP contribution in [0.4, 0.5) is 0 Å². The molecular formula is C9H17NO2. The van der Waals surface area contributed by atoms with E-state index in [1.54, 1.807) is 0 Å². The van der Waals surface area contributed by atoms with Gasteiger partial charge in [0, 0.05) is 6.54 Å². The summed E-state index contributed by atoms with van der Waals surface area (Å²) in [7, 11) is 0. The smallest absolute Gasteiger partial charge is 0.245 e. The molecule has 1 saturated carbocycles. The quantitative estimate of drug-likeness (QED) is 0.653.